The molecule has 2 aromatic rings. The molecule has 0 spiro atoms. The van der Waals surface area contributed by atoms with Gasteiger partial charge in [-0.2, -0.15) is 0 Å². The lowest BCUT2D eigenvalue weighted by Gasteiger charge is -2.14. The van der Waals surface area contributed by atoms with Crippen molar-refractivity contribution in [2.24, 2.45) is 0 Å². The number of aromatic nitrogens is 1. The van der Waals surface area contributed by atoms with E-state index in [-0.39, 0.29) is 5.91 Å². The Bertz CT molecular complexity index is 578. The van der Waals surface area contributed by atoms with Crippen LogP contribution < -0.4 is 0 Å². The number of hydrogen-bond acceptors (Lipinski definition) is 3. The molecule has 0 radical (unpaired) electrons. The number of benzene rings is 1. The van der Waals surface area contributed by atoms with E-state index in [1.165, 1.54) is 0 Å². The third-order valence-electron chi connectivity index (χ3n) is 3.05. The van der Waals surface area contributed by atoms with Crippen molar-refractivity contribution in [2.45, 2.75) is 19.8 Å². The molecule has 1 aromatic carbocycles. The Morgan fingerprint density at radius 3 is 2.70 bits per heavy atom. The molecule has 0 saturated carbocycles. The second-order valence-electron chi connectivity index (χ2n) is 4.66. The number of halogens is 1. The van der Waals surface area contributed by atoms with Crippen molar-refractivity contribution >= 4 is 17.5 Å². The maximum absolute atomic E-state index is 12.1. The van der Waals surface area contributed by atoms with Crippen LogP contribution in [-0.2, 0) is 0 Å². The highest BCUT2D eigenvalue weighted by molar-refractivity contribution is 6.30. The quantitative estimate of drug-likeness (QED) is 0.840. The van der Waals surface area contributed by atoms with Crippen LogP contribution in [0.5, 0.6) is 0 Å². The molecule has 5 heteroatoms. The molecular weight excluding hydrogens is 276 g/mol. The fraction of sp³-hybridized carbons (Fsp3) is 0.333. The van der Waals surface area contributed by atoms with Gasteiger partial charge in [-0.15, -0.1) is 0 Å². The van der Waals surface area contributed by atoms with E-state index < -0.39 is 0 Å². The summed E-state index contributed by atoms with van der Waals surface area (Å²) in [6.07, 6.45) is 2.02. The molecule has 0 bridgehead atoms. The van der Waals surface area contributed by atoms with Crippen LogP contribution in [0.4, 0.5) is 0 Å². The van der Waals surface area contributed by atoms with Crippen LogP contribution in [0.15, 0.2) is 34.9 Å². The molecule has 0 aliphatic heterocycles. The van der Waals surface area contributed by atoms with Gasteiger partial charge in [0.2, 0.25) is 0 Å². The molecule has 0 N–H and O–H groups in total. The topological polar surface area (TPSA) is 46.3 Å². The van der Waals surface area contributed by atoms with Crippen molar-refractivity contribution in [3.8, 4) is 11.3 Å². The van der Waals surface area contributed by atoms with Crippen LogP contribution in [0, 0.1) is 0 Å². The summed E-state index contributed by atoms with van der Waals surface area (Å²) in [5.41, 5.74) is 1.17. The zero-order valence-corrected chi connectivity index (χ0v) is 12.4. The van der Waals surface area contributed by atoms with Gasteiger partial charge >= 0.3 is 0 Å². The average Bonchev–Trinajstić information content (AvgIpc) is 2.94. The lowest BCUT2D eigenvalue weighted by Crippen LogP contribution is -2.27. The molecule has 1 heterocycles. The number of carbonyl (C=O) groups is 1. The Balaban J connectivity index is 2.12. The van der Waals surface area contributed by atoms with Gasteiger partial charge in [0, 0.05) is 30.2 Å². The minimum atomic E-state index is -0.123. The third-order valence-corrected chi connectivity index (χ3v) is 3.30. The second-order valence-corrected chi connectivity index (χ2v) is 5.10. The van der Waals surface area contributed by atoms with Crippen LogP contribution in [0.3, 0.4) is 0 Å². The van der Waals surface area contributed by atoms with Gasteiger partial charge in [0.25, 0.3) is 5.91 Å². The Kier molecular flexibility index (Phi) is 4.79. The van der Waals surface area contributed by atoms with Crippen molar-refractivity contribution in [1.29, 1.82) is 0 Å². The van der Waals surface area contributed by atoms with Gasteiger partial charge in [-0.25, -0.2) is 0 Å². The summed E-state index contributed by atoms with van der Waals surface area (Å²) in [5.74, 6) is 0.441. The van der Waals surface area contributed by atoms with Gasteiger partial charge in [-0.1, -0.05) is 30.1 Å². The second kappa shape index (κ2) is 6.57. The molecule has 0 fully saturated rings. The van der Waals surface area contributed by atoms with Gasteiger partial charge in [0.1, 0.15) is 0 Å². The fourth-order valence-electron chi connectivity index (χ4n) is 1.82. The lowest BCUT2D eigenvalue weighted by molar-refractivity contribution is 0.0783. The number of nitrogens with zero attached hydrogens (tertiary/aromatic N) is 2. The molecule has 106 valence electrons. The normalized spacial score (nSPS) is 10.6. The Labute approximate surface area is 123 Å². The molecule has 2 rings (SSSR count). The van der Waals surface area contributed by atoms with Crippen molar-refractivity contribution in [2.75, 3.05) is 13.6 Å². The molecule has 0 atom stereocenters. The van der Waals surface area contributed by atoms with E-state index in [1.807, 2.05) is 12.1 Å². The number of rotatable bonds is 5. The van der Waals surface area contributed by atoms with E-state index in [0.29, 0.717) is 16.5 Å². The first kappa shape index (κ1) is 14.6. The summed E-state index contributed by atoms with van der Waals surface area (Å²) < 4.78 is 5.23. The monoisotopic (exact) mass is 292 g/mol. The number of amides is 1. The number of unbranched alkanes of at least 4 members (excludes halogenated alkanes) is 1. The Hall–Kier alpha value is -1.81. The number of carbonyl (C=O) groups excluding carboxylic acids is 1. The van der Waals surface area contributed by atoms with Crippen LogP contribution >= 0.6 is 11.6 Å². The molecule has 1 aromatic heterocycles. The predicted octanol–water partition coefficient (Wildman–Crippen LogP) is 3.87. The van der Waals surface area contributed by atoms with Crippen molar-refractivity contribution < 1.29 is 9.32 Å². The maximum atomic E-state index is 12.1. The van der Waals surface area contributed by atoms with Crippen LogP contribution in [0.1, 0.15) is 30.3 Å². The summed E-state index contributed by atoms with van der Waals surface area (Å²) >= 11 is 5.84. The van der Waals surface area contributed by atoms with E-state index in [9.17, 15) is 4.79 Å². The first-order valence-electron chi connectivity index (χ1n) is 6.60. The van der Waals surface area contributed by atoms with Gasteiger partial charge in [0.15, 0.2) is 11.5 Å². The molecule has 4 nitrogen and oxygen atoms in total. The van der Waals surface area contributed by atoms with Crippen molar-refractivity contribution in [3.63, 3.8) is 0 Å². The van der Waals surface area contributed by atoms with Crippen LogP contribution in [0.2, 0.25) is 5.02 Å². The minimum Gasteiger partial charge on any atom is -0.355 e. The summed E-state index contributed by atoms with van der Waals surface area (Å²) in [7, 11) is 1.77. The largest absolute Gasteiger partial charge is 0.355 e. The SMILES string of the molecule is CCCCN(C)C(=O)c1cc(-c2ccc(Cl)cc2)on1. The van der Waals surface area contributed by atoms with Gasteiger partial charge in [-0.3, -0.25) is 4.79 Å². The van der Waals surface area contributed by atoms with Crippen molar-refractivity contribution in [1.82, 2.24) is 10.1 Å². The van der Waals surface area contributed by atoms with Crippen LogP contribution in [-0.4, -0.2) is 29.6 Å². The van der Waals surface area contributed by atoms with Crippen LogP contribution in [0.25, 0.3) is 11.3 Å². The molecule has 0 saturated heterocycles. The van der Waals surface area contributed by atoms with Gasteiger partial charge in [0.05, 0.1) is 0 Å². The standard InChI is InChI=1S/C15H17ClN2O2/c1-3-4-9-18(2)15(19)13-10-14(20-17-13)11-5-7-12(16)8-6-11/h5-8,10H,3-4,9H2,1-2H3. The summed E-state index contributed by atoms with van der Waals surface area (Å²) in [6, 6.07) is 8.87. The smallest absolute Gasteiger partial charge is 0.275 e. The molecule has 0 unspecified atom stereocenters. The highest BCUT2D eigenvalue weighted by Crippen LogP contribution is 2.22. The van der Waals surface area contributed by atoms with Gasteiger partial charge in [-0.05, 0) is 30.7 Å². The average molecular weight is 293 g/mol. The zero-order chi connectivity index (χ0) is 14.5. The maximum Gasteiger partial charge on any atom is 0.275 e. The van der Waals surface area contributed by atoms with E-state index in [2.05, 4.69) is 12.1 Å². The summed E-state index contributed by atoms with van der Waals surface area (Å²) in [4.78, 5) is 13.8. The third kappa shape index (κ3) is 3.39. The summed E-state index contributed by atoms with van der Waals surface area (Å²) in [6.45, 7) is 2.81. The lowest BCUT2D eigenvalue weighted by atomic mass is 10.1. The Morgan fingerprint density at radius 1 is 1.35 bits per heavy atom. The van der Waals surface area contributed by atoms with E-state index in [1.54, 1.807) is 30.1 Å². The molecule has 0 aliphatic carbocycles. The molecule has 0 aliphatic rings. The van der Waals surface area contributed by atoms with Gasteiger partial charge < -0.3 is 9.42 Å². The zero-order valence-electron chi connectivity index (χ0n) is 11.6. The molecule has 1 amide bonds. The minimum absolute atomic E-state index is 0.123. The predicted molar refractivity (Wildman–Crippen MR) is 78.8 cm³/mol. The van der Waals surface area contributed by atoms with Crippen molar-refractivity contribution in [3.05, 3.63) is 41.0 Å². The molecule has 20 heavy (non-hydrogen) atoms. The first-order valence-corrected chi connectivity index (χ1v) is 6.97. The van der Waals surface area contributed by atoms with E-state index >= 15 is 0 Å². The fourth-order valence-corrected chi connectivity index (χ4v) is 1.94. The highest BCUT2D eigenvalue weighted by atomic mass is 35.5. The van der Waals surface area contributed by atoms with E-state index in [4.69, 9.17) is 16.1 Å². The Morgan fingerprint density at radius 2 is 2.05 bits per heavy atom. The first-order chi connectivity index (χ1) is 9.61. The highest BCUT2D eigenvalue weighted by Gasteiger charge is 2.17. The molecular formula is C15H17ClN2O2. The summed E-state index contributed by atoms with van der Waals surface area (Å²) in [5, 5.41) is 4.50. The van der Waals surface area contributed by atoms with E-state index in [0.717, 1.165) is 24.9 Å². The number of hydrogen-bond donors (Lipinski definition) is 0.